The number of piperazine rings is 1. The predicted octanol–water partition coefficient (Wildman–Crippen LogP) is 2.30. The molecule has 0 N–H and O–H groups in total. The molecule has 1 fully saturated rings. The average Bonchev–Trinajstić information content (AvgIpc) is 3.46. The summed E-state index contributed by atoms with van der Waals surface area (Å²) in [6.45, 7) is 5.01. The van der Waals surface area contributed by atoms with Crippen molar-refractivity contribution in [1.82, 2.24) is 25.1 Å². The Morgan fingerprint density at radius 2 is 1.86 bits per heavy atom. The monoisotopic (exact) mass is 414 g/mol. The number of anilines is 1. The lowest BCUT2D eigenvalue weighted by molar-refractivity contribution is 0.172. The second kappa shape index (κ2) is 9.34. The van der Waals surface area contributed by atoms with Crippen LogP contribution < -0.4 is 9.64 Å². The van der Waals surface area contributed by atoms with E-state index >= 15 is 0 Å². The largest absolute Gasteiger partial charge is 0.497 e. The van der Waals surface area contributed by atoms with Crippen molar-refractivity contribution in [2.45, 2.75) is 12.6 Å². The fourth-order valence-corrected chi connectivity index (χ4v) is 4.55. The van der Waals surface area contributed by atoms with Crippen LogP contribution in [-0.4, -0.2) is 72.1 Å². The number of methoxy groups -OCH3 is 2. The summed E-state index contributed by atoms with van der Waals surface area (Å²) in [7, 11) is 3.39. The summed E-state index contributed by atoms with van der Waals surface area (Å²) < 4.78 is 12.4. The first kappa shape index (κ1) is 19.8. The third-order valence-corrected chi connectivity index (χ3v) is 6.17. The lowest BCUT2D eigenvalue weighted by atomic mass is 10.1. The molecular formula is C20H26N6O2S. The molecule has 154 valence electrons. The van der Waals surface area contributed by atoms with Gasteiger partial charge in [0.25, 0.3) is 0 Å². The van der Waals surface area contributed by atoms with Gasteiger partial charge in [0.1, 0.15) is 11.8 Å². The van der Waals surface area contributed by atoms with Gasteiger partial charge in [0.15, 0.2) is 5.82 Å². The second-order valence-corrected chi connectivity index (χ2v) is 7.87. The quantitative estimate of drug-likeness (QED) is 0.560. The van der Waals surface area contributed by atoms with Crippen molar-refractivity contribution in [2.75, 3.05) is 51.9 Å². The minimum Gasteiger partial charge on any atom is -0.497 e. The maximum Gasteiger partial charge on any atom is 0.173 e. The van der Waals surface area contributed by atoms with E-state index in [2.05, 4.69) is 55.0 Å². The van der Waals surface area contributed by atoms with E-state index in [1.165, 1.54) is 10.6 Å². The number of tetrazole rings is 1. The van der Waals surface area contributed by atoms with Crippen molar-refractivity contribution in [2.24, 2.45) is 0 Å². The molecular weight excluding hydrogens is 388 g/mol. The minimum absolute atomic E-state index is 0.0554. The molecule has 0 radical (unpaired) electrons. The Bertz CT molecular complexity index is 875. The summed E-state index contributed by atoms with van der Waals surface area (Å²) in [5.74, 6) is 1.76. The molecule has 0 unspecified atom stereocenters. The van der Waals surface area contributed by atoms with Gasteiger partial charge in [0.05, 0.1) is 20.3 Å². The van der Waals surface area contributed by atoms with Gasteiger partial charge in [-0.25, -0.2) is 4.68 Å². The molecule has 0 bridgehead atoms. The highest BCUT2D eigenvalue weighted by Crippen LogP contribution is 2.32. The number of rotatable bonds is 8. The fourth-order valence-electron chi connectivity index (χ4n) is 3.69. The SMILES string of the molecule is COCCn1nnnc1[C@@H](c1cccs1)N1CCN(c2ccc(OC)cc2)CC1. The average molecular weight is 415 g/mol. The molecule has 4 rings (SSSR count). The molecule has 9 heteroatoms. The first-order chi connectivity index (χ1) is 14.3. The topological polar surface area (TPSA) is 68.5 Å². The lowest BCUT2D eigenvalue weighted by Crippen LogP contribution is -2.48. The van der Waals surface area contributed by atoms with Crippen LogP contribution in [0, 0.1) is 0 Å². The zero-order chi connectivity index (χ0) is 20.1. The van der Waals surface area contributed by atoms with Gasteiger partial charge in [-0.15, -0.1) is 16.4 Å². The highest BCUT2D eigenvalue weighted by molar-refractivity contribution is 7.10. The Balaban J connectivity index is 1.51. The van der Waals surface area contributed by atoms with Crippen LogP contribution in [0.4, 0.5) is 5.69 Å². The van der Waals surface area contributed by atoms with E-state index in [4.69, 9.17) is 9.47 Å². The summed E-state index contributed by atoms with van der Waals surface area (Å²) in [5.41, 5.74) is 1.23. The molecule has 0 spiro atoms. The van der Waals surface area contributed by atoms with Gasteiger partial charge >= 0.3 is 0 Å². The van der Waals surface area contributed by atoms with Crippen LogP contribution in [0.5, 0.6) is 5.75 Å². The first-order valence-corrected chi connectivity index (χ1v) is 10.6. The smallest absolute Gasteiger partial charge is 0.173 e. The number of ether oxygens (including phenoxy) is 2. The van der Waals surface area contributed by atoms with Crippen LogP contribution in [0.3, 0.4) is 0 Å². The summed E-state index contributed by atoms with van der Waals surface area (Å²) >= 11 is 1.75. The number of benzene rings is 1. The Morgan fingerprint density at radius 3 is 2.52 bits per heavy atom. The second-order valence-electron chi connectivity index (χ2n) is 6.89. The van der Waals surface area contributed by atoms with Gasteiger partial charge in [-0.05, 0) is 46.1 Å². The van der Waals surface area contributed by atoms with Crippen LogP contribution in [-0.2, 0) is 11.3 Å². The lowest BCUT2D eigenvalue weighted by Gasteiger charge is -2.39. The Morgan fingerprint density at radius 1 is 1.07 bits per heavy atom. The van der Waals surface area contributed by atoms with E-state index in [0.29, 0.717) is 13.2 Å². The third kappa shape index (κ3) is 4.42. The molecule has 1 aliphatic heterocycles. The van der Waals surface area contributed by atoms with E-state index in [1.807, 2.05) is 16.8 Å². The van der Waals surface area contributed by atoms with E-state index in [9.17, 15) is 0 Å². The number of hydrogen-bond acceptors (Lipinski definition) is 8. The van der Waals surface area contributed by atoms with Crippen LogP contribution >= 0.6 is 11.3 Å². The molecule has 1 aliphatic rings. The predicted molar refractivity (Wildman–Crippen MR) is 113 cm³/mol. The maximum atomic E-state index is 5.27. The molecule has 3 aromatic rings. The van der Waals surface area contributed by atoms with E-state index in [-0.39, 0.29) is 6.04 Å². The molecule has 3 heterocycles. The Kier molecular flexibility index (Phi) is 6.38. The number of aromatic nitrogens is 4. The van der Waals surface area contributed by atoms with Gasteiger partial charge in [-0.2, -0.15) is 0 Å². The molecule has 0 saturated carbocycles. The minimum atomic E-state index is 0.0554. The van der Waals surface area contributed by atoms with Crippen molar-refractivity contribution in [3.05, 3.63) is 52.5 Å². The molecule has 1 aromatic carbocycles. The van der Waals surface area contributed by atoms with Crippen LogP contribution in [0.25, 0.3) is 0 Å². The van der Waals surface area contributed by atoms with Crippen molar-refractivity contribution in [3.63, 3.8) is 0 Å². The van der Waals surface area contributed by atoms with Crippen molar-refractivity contribution in [3.8, 4) is 5.75 Å². The molecule has 1 atom stereocenters. The number of hydrogen-bond donors (Lipinski definition) is 0. The molecule has 0 aliphatic carbocycles. The van der Waals surface area contributed by atoms with Crippen LogP contribution in [0.1, 0.15) is 16.7 Å². The zero-order valence-corrected chi connectivity index (χ0v) is 17.6. The summed E-state index contributed by atoms with van der Waals surface area (Å²) in [6, 6.07) is 12.6. The van der Waals surface area contributed by atoms with Crippen molar-refractivity contribution >= 4 is 17.0 Å². The highest BCUT2D eigenvalue weighted by Gasteiger charge is 2.31. The van der Waals surface area contributed by atoms with E-state index in [1.54, 1.807) is 25.6 Å². The standard InChI is InChI=1S/C20H26N6O2S/c1-27-14-13-26-20(21-22-23-26)19(18-4-3-15-29-18)25-11-9-24(10-12-25)16-5-7-17(28-2)8-6-16/h3-8,15,19H,9-14H2,1-2H3/t19-/m1/s1. The van der Waals surface area contributed by atoms with Gasteiger partial charge < -0.3 is 14.4 Å². The summed E-state index contributed by atoms with van der Waals surface area (Å²) in [6.07, 6.45) is 0. The summed E-state index contributed by atoms with van der Waals surface area (Å²) in [4.78, 5) is 6.15. The molecule has 2 aromatic heterocycles. The molecule has 8 nitrogen and oxygen atoms in total. The van der Waals surface area contributed by atoms with Crippen molar-refractivity contribution in [1.29, 1.82) is 0 Å². The third-order valence-electron chi connectivity index (χ3n) is 5.24. The maximum absolute atomic E-state index is 5.27. The zero-order valence-electron chi connectivity index (χ0n) is 16.8. The molecule has 0 amide bonds. The van der Waals surface area contributed by atoms with Gasteiger partial charge in [-0.1, -0.05) is 6.07 Å². The van der Waals surface area contributed by atoms with E-state index < -0.39 is 0 Å². The van der Waals surface area contributed by atoms with Crippen LogP contribution in [0.2, 0.25) is 0 Å². The number of thiophene rings is 1. The fraction of sp³-hybridized carbons (Fsp3) is 0.450. The molecule has 1 saturated heterocycles. The Labute approximate surface area is 174 Å². The normalized spacial score (nSPS) is 16.1. The molecule has 29 heavy (non-hydrogen) atoms. The first-order valence-electron chi connectivity index (χ1n) is 9.71. The Hall–Kier alpha value is -2.49. The van der Waals surface area contributed by atoms with E-state index in [0.717, 1.165) is 37.8 Å². The number of nitrogens with zero attached hydrogens (tertiary/aromatic N) is 6. The highest BCUT2D eigenvalue weighted by atomic mass is 32.1. The van der Waals surface area contributed by atoms with Crippen molar-refractivity contribution < 1.29 is 9.47 Å². The van der Waals surface area contributed by atoms with Gasteiger partial charge in [0.2, 0.25) is 0 Å². The van der Waals surface area contributed by atoms with Gasteiger partial charge in [0, 0.05) is 43.9 Å². The van der Waals surface area contributed by atoms with Crippen LogP contribution in [0.15, 0.2) is 41.8 Å². The summed E-state index contributed by atoms with van der Waals surface area (Å²) in [5, 5.41) is 14.6. The van der Waals surface area contributed by atoms with Gasteiger partial charge in [-0.3, -0.25) is 4.90 Å².